The first-order chi connectivity index (χ1) is 14.8. The molecule has 10 heteroatoms. The van der Waals surface area contributed by atoms with Crippen molar-refractivity contribution in [2.75, 3.05) is 29.9 Å². The first-order valence-electron chi connectivity index (χ1n) is 9.94. The number of halogens is 2. The van der Waals surface area contributed by atoms with Gasteiger partial charge in [-0.2, -0.15) is 4.31 Å². The number of anilines is 2. The number of piperidine rings is 1. The predicted molar refractivity (Wildman–Crippen MR) is 120 cm³/mol. The minimum absolute atomic E-state index is 0.0252. The van der Waals surface area contributed by atoms with Gasteiger partial charge in [-0.15, -0.1) is 0 Å². The molecule has 0 atom stereocenters. The van der Waals surface area contributed by atoms with Crippen LogP contribution < -0.4 is 10.2 Å². The van der Waals surface area contributed by atoms with E-state index < -0.39 is 10.0 Å². The quantitative estimate of drug-likeness (QED) is 0.720. The van der Waals surface area contributed by atoms with Crippen LogP contribution in [0.3, 0.4) is 0 Å². The number of amides is 2. The van der Waals surface area contributed by atoms with E-state index in [-0.39, 0.29) is 29.7 Å². The lowest BCUT2D eigenvalue weighted by molar-refractivity contribution is -0.121. The SMILES string of the molecule is O=C1CN(C(=O)Cc2ccc(Cl)c(Cl)c2)c2ccc(S(=O)(=O)N3CCCCC3)cc2N1. The molecule has 2 aromatic rings. The molecule has 2 aliphatic rings. The molecular formula is C21H21Cl2N3O4S. The first-order valence-corrected chi connectivity index (χ1v) is 12.1. The Balaban J connectivity index is 1.61. The zero-order valence-corrected chi connectivity index (χ0v) is 18.9. The zero-order valence-electron chi connectivity index (χ0n) is 16.6. The molecule has 0 saturated carbocycles. The topological polar surface area (TPSA) is 86.8 Å². The molecule has 7 nitrogen and oxygen atoms in total. The molecule has 0 radical (unpaired) electrons. The molecule has 0 aromatic heterocycles. The summed E-state index contributed by atoms with van der Waals surface area (Å²) in [5.74, 6) is -0.691. The summed E-state index contributed by atoms with van der Waals surface area (Å²) < 4.78 is 27.4. The fourth-order valence-corrected chi connectivity index (χ4v) is 5.69. The van der Waals surface area contributed by atoms with Crippen molar-refractivity contribution in [2.45, 2.75) is 30.6 Å². The van der Waals surface area contributed by atoms with Gasteiger partial charge in [0.05, 0.1) is 32.7 Å². The predicted octanol–water partition coefficient (Wildman–Crippen LogP) is 3.70. The van der Waals surface area contributed by atoms with E-state index in [1.54, 1.807) is 24.3 Å². The second kappa shape index (κ2) is 8.78. The summed E-state index contributed by atoms with van der Waals surface area (Å²) in [4.78, 5) is 26.7. The van der Waals surface area contributed by atoms with E-state index in [0.29, 0.717) is 40.1 Å². The number of fused-ring (bicyclic) bond motifs is 1. The number of hydrogen-bond donors (Lipinski definition) is 1. The molecule has 1 saturated heterocycles. The number of sulfonamides is 1. The van der Waals surface area contributed by atoms with Crippen molar-refractivity contribution < 1.29 is 18.0 Å². The van der Waals surface area contributed by atoms with Crippen LogP contribution in [0.15, 0.2) is 41.3 Å². The van der Waals surface area contributed by atoms with E-state index >= 15 is 0 Å². The highest BCUT2D eigenvalue weighted by molar-refractivity contribution is 7.89. The Bertz CT molecular complexity index is 1150. The van der Waals surface area contributed by atoms with Gasteiger partial charge in [-0.3, -0.25) is 9.59 Å². The van der Waals surface area contributed by atoms with Crippen molar-refractivity contribution in [3.8, 4) is 0 Å². The van der Waals surface area contributed by atoms with Crippen molar-refractivity contribution in [3.05, 3.63) is 52.0 Å². The van der Waals surface area contributed by atoms with Crippen LogP contribution in [-0.2, 0) is 26.0 Å². The summed E-state index contributed by atoms with van der Waals surface area (Å²) in [6.45, 7) is 0.825. The minimum Gasteiger partial charge on any atom is -0.323 e. The maximum Gasteiger partial charge on any atom is 0.244 e. The number of carbonyl (C=O) groups is 2. The lowest BCUT2D eigenvalue weighted by Crippen LogP contribution is -2.43. The van der Waals surface area contributed by atoms with Gasteiger partial charge in [0, 0.05) is 13.1 Å². The fourth-order valence-electron chi connectivity index (χ4n) is 3.83. The van der Waals surface area contributed by atoms with Crippen molar-refractivity contribution in [1.82, 2.24) is 4.31 Å². The number of rotatable bonds is 4. The van der Waals surface area contributed by atoms with E-state index in [0.717, 1.165) is 19.3 Å². The summed E-state index contributed by atoms with van der Waals surface area (Å²) >= 11 is 12.0. The van der Waals surface area contributed by atoms with Crippen LogP contribution in [0.25, 0.3) is 0 Å². The van der Waals surface area contributed by atoms with Gasteiger partial charge in [-0.05, 0) is 48.7 Å². The van der Waals surface area contributed by atoms with Crippen LogP contribution in [0.5, 0.6) is 0 Å². The standard InChI is InChI=1S/C21H21Cl2N3O4S/c22-16-6-4-14(10-17(16)23)11-21(28)26-13-20(27)24-18-12-15(5-7-19(18)26)31(29,30)25-8-2-1-3-9-25/h4-7,10,12H,1-3,8-9,11,13H2,(H,24,27). The van der Waals surface area contributed by atoms with Gasteiger partial charge in [-0.25, -0.2) is 8.42 Å². The Morgan fingerprint density at radius 2 is 1.74 bits per heavy atom. The maximum absolute atomic E-state index is 13.0. The van der Waals surface area contributed by atoms with Gasteiger partial charge in [0.15, 0.2) is 0 Å². The average molecular weight is 482 g/mol. The molecule has 2 aromatic carbocycles. The van der Waals surface area contributed by atoms with Gasteiger partial charge >= 0.3 is 0 Å². The van der Waals surface area contributed by atoms with Gasteiger partial charge < -0.3 is 10.2 Å². The summed E-state index contributed by atoms with van der Waals surface area (Å²) in [7, 11) is -3.66. The molecule has 1 fully saturated rings. The highest BCUT2D eigenvalue weighted by atomic mass is 35.5. The van der Waals surface area contributed by atoms with E-state index in [1.807, 2.05) is 0 Å². The molecule has 0 spiro atoms. The number of hydrogen-bond acceptors (Lipinski definition) is 4. The molecule has 1 N–H and O–H groups in total. The largest absolute Gasteiger partial charge is 0.323 e. The first kappa shape index (κ1) is 22.1. The van der Waals surface area contributed by atoms with Crippen LogP contribution in [0.2, 0.25) is 10.0 Å². The van der Waals surface area contributed by atoms with Crippen LogP contribution in [0.4, 0.5) is 11.4 Å². The number of benzene rings is 2. The van der Waals surface area contributed by atoms with Crippen molar-refractivity contribution in [2.24, 2.45) is 0 Å². The second-order valence-corrected chi connectivity index (χ2v) is 10.3. The molecule has 2 heterocycles. The minimum atomic E-state index is -3.66. The molecule has 2 aliphatic heterocycles. The van der Waals surface area contributed by atoms with Gasteiger partial charge in [0.2, 0.25) is 21.8 Å². The van der Waals surface area contributed by atoms with E-state index in [1.165, 1.54) is 21.3 Å². The van der Waals surface area contributed by atoms with Gasteiger partial charge in [0.1, 0.15) is 6.54 Å². The van der Waals surface area contributed by atoms with Crippen LogP contribution in [-0.4, -0.2) is 44.2 Å². The van der Waals surface area contributed by atoms with Gasteiger partial charge in [0.25, 0.3) is 0 Å². The van der Waals surface area contributed by atoms with Crippen molar-refractivity contribution in [3.63, 3.8) is 0 Å². The highest BCUT2D eigenvalue weighted by Gasteiger charge is 2.31. The highest BCUT2D eigenvalue weighted by Crippen LogP contribution is 2.34. The third-order valence-electron chi connectivity index (χ3n) is 5.43. The third kappa shape index (κ3) is 4.57. The number of nitrogens with zero attached hydrogens (tertiary/aromatic N) is 2. The van der Waals surface area contributed by atoms with Crippen LogP contribution in [0.1, 0.15) is 24.8 Å². The molecule has 0 aliphatic carbocycles. The zero-order chi connectivity index (χ0) is 22.2. The lowest BCUT2D eigenvalue weighted by Gasteiger charge is -2.30. The smallest absolute Gasteiger partial charge is 0.244 e. The van der Waals surface area contributed by atoms with Crippen molar-refractivity contribution in [1.29, 1.82) is 0 Å². The van der Waals surface area contributed by atoms with Crippen LogP contribution >= 0.6 is 23.2 Å². The average Bonchev–Trinajstić information content (AvgIpc) is 2.75. The molecule has 4 rings (SSSR count). The maximum atomic E-state index is 13.0. The summed E-state index contributed by atoms with van der Waals surface area (Å²) in [5, 5.41) is 3.42. The number of nitrogens with one attached hydrogen (secondary N) is 1. The lowest BCUT2D eigenvalue weighted by atomic mass is 10.1. The van der Waals surface area contributed by atoms with E-state index in [2.05, 4.69) is 5.32 Å². The summed E-state index contributed by atoms with van der Waals surface area (Å²) in [6.07, 6.45) is 2.70. The Kier molecular flexibility index (Phi) is 6.25. The number of carbonyl (C=O) groups excluding carboxylic acids is 2. The normalized spacial score (nSPS) is 17.2. The molecule has 0 unspecified atom stereocenters. The second-order valence-electron chi connectivity index (χ2n) is 7.60. The van der Waals surface area contributed by atoms with Gasteiger partial charge in [-0.1, -0.05) is 35.7 Å². The molecule has 164 valence electrons. The molecule has 31 heavy (non-hydrogen) atoms. The Morgan fingerprint density at radius 1 is 1.00 bits per heavy atom. The molecule has 2 amide bonds. The Morgan fingerprint density at radius 3 is 2.45 bits per heavy atom. The third-order valence-corrected chi connectivity index (χ3v) is 8.06. The molecular weight excluding hydrogens is 461 g/mol. The monoisotopic (exact) mass is 481 g/mol. The fraction of sp³-hybridized carbons (Fsp3) is 0.333. The Hall–Kier alpha value is -2.13. The van der Waals surface area contributed by atoms with Crippen LogP contribution in [0, 0.1) is 0 Å². The Labute approximate surface area is 191 Å². The summed E-state index contributed by atoms with van der Waals surface area (Å²) in [6, 6.07) is 9.40. The van der Waals surface area contributed by atoms with Crippen molar-refractivity contribution >= 4 is 56.4 Å². The van der Waals surface area contributed by atoms with E-state index in [9.17, 15) is 18.0 Å². The van der Waals surface area contributed by atoms with E-state index in [4.69, 9.17) is 23.2 Å². The summed E-state index contributed by atoms with van der Waals surface area (Å²) in [5.41, 5.74) is 1.43. The molecule has 0 bridgehead atoms.